The highest BCUT2D eigenvalue weighted by Gasteiger charge is 2.37. The van der Waals surface area contributed by atoms with Crippen molar-refractivity contribution in [2.45, 2.75) is 105 Å². The number of anilines is 1. The Labute approximate surface area is 269 Å². The number of unbranched alkanes of at least 4 members (excludes halogenated alkanes) is 3. The first-order valence-electron chi connectivity index (χ1n) is 16.1. The number of aryl methyl sites for hydroxylation is 3. The summed E-state index contributed by atoms with van der Waals surface area (Å²) in [5, 5.41) is 6.04. The Morgan fingerprint density at radius 1 is 0.800 bits per heavy atom. The van der Waals surface area contributed by atoms with E-state index in [1.807, 2.05) is 94.4 Å². The molecule has 0 fully saturated rings. The van der Waals surface area contributed by atoms with Crippen LogP contribution in [0.1, 0.15) is 92.8 Å². The molecule has 2 atom stereocenters. The fraction of sp³-hybridized carbons (Fsp3) is 0.447. The van der Waals surface area contributed by atoms with E-state index in [1.54, 1.807) is 25.7 Å². The topological polar surface area (TPSA) is 87.7 Å². The predicted molar refractivity (Wildman–Crippen MR) is 182 cm³/mol. The maximum absolute atomic E-state index is 14.8. The van der Waals surface area contributed by atoms with Crippen LogP contribution in [0, 0.1) is 27.7 Å². The van der Waals surface area contributed by atoms with Crippen molar-refractivity contribution >= 4 is 23.6 Å². The second-order valence-electron chi connectivity index (χ2n) is 12.9. The average molecular weight is 614 g/mol. The average Bonchev–Trinajstić information content (AvgIpc) is 2.97. The third-order valence-electron chi connectivity index (χ3n) is 8.04. The number of rotatable bonds is 13. The monoisotopic (exact) mass is 613 g/mol. The SMILES string of the molecule is CCCCCCN(C(=O)C(Cc1ccccc1)NC(=O)OC(C)(C)C)C(C(=O)Nc1c(C)cccc1C)c1cccc(C)c1C. The summed E-state index contributed by atoms with van der Waals surface area (Å²) in [4.78, 5) is 44.0. The molecule has 45 heavy (non-hydrogen) atoms. The molecule has 3 aromatic rings. The maximum atomic E-state index is 14.8. The molecule has 0 spiro atoms. The van der Waals surface area contributed by atoms with Gasteiger partial charge in [0.05, 0.1) is 0 Å². The number of para-hydroxylation sites is 1. The zero-order valence-electron chi connectivity index (χ0n) is 28.3. The lowest BCUT2D eigenvalue weighted by Gasteiger charge is -2.35. The second kappa shape index (κ2) is 16.3. The van der Waals surface area contributed by atoms with Crippen LogP contribution in [0.25, 0.3) is 0 Å². The molecule has 3 aromatic carbocycles. The van der Waals surface area contributed by atoms with Crippen molar-refractivity contribution in [1.29, 1.82) is 0 Å². The van der Waals surface area contributed by atoms with Gasteiger partial charge in [-0.2, -0.15) is 0 Å². The number of benzene rings is 3. The van der Waals surface area contributed by atoms with E-state index in [-0.39, 0.29) is 18.2 Å². The Morgan fingerprint density at radius 2 is 1.42 bits per heavy atom. The molecule has 0 saturated heterocycles. The minimum absolute atomic E-state index is 0.252. The smallest absolute Gasteiger partial charge is 0.408 e. The lowest BCUT2D eigenvalue weighted by Crippen LogP contribution is -2.53. The summed E-state index contributed by atoms with van der Waals surface area (Å²) in [6.45, 7) is 15.8. The molecule has 3 amide bonds. The number of hydrogen-bond donors (Lipinski definition) is 2. The van der Waals surface area contributed by atoms with E-state index in [4.69, 9.17) is 4.74 Å². The Bertz CT molecular complexity index is 1420. The van der Waals surface area contributed by atoms with Crippen LogP contribution in [-0.2, 0) is 20.7 Å². The molecular formula is C38H51N3O4. The molecular weight excluding hydrogens is 562 g/mol. The predicted octanol–water partition coefficient (Wildman–Crippen LogP) is 8.14. The van der Waals surface area contributed by atoms with Crippen LogP contribution in [0.5, 0.6) is 0 Å². The van der Waals surface area contributed by atoms with Crippen molar-refractivity contribution < 1.29 is 19.1 Å². The van der Waals surface area contributed by atoms with E-state index in [2.05, 4.69) is 17.6 Å². The van der Waals surface area contributed by atoms with Crippen LogP contribution < -0.4 is 10.6 Å². The Morgan fingerprint density at radius 3 is 2.04 bits per heavy atom. The quantitative estimate of drug-likeness (QED) is 0.191. The number of alkyl carbamates (subject to hydrolysis) is 1. The van der Waals surface area contributed by atoms with E-state index in [1.165, 1.54) is 0 Å². The summed E-state index contributed by atoms with van der Waals surface area (Å²) >= 11 is 0. The van der Waals surface area contributed by atoms with E-state index < -0.39 is 23.8 Å². The molecule has 0 aliphatic rings. The van der Waals surface area contributed by atoms with Crippen LogP contribution in [0.2, 0.25) is 0 Å². The van der Waals surface area contributed by atoms with Gasteiger partial charge in [0.25, 0.3) is 5.91 Å². The molecule has 0 saturated carbocycles. The summed E-state index contributed by atoms with van der Waals surface area (Å²) in [6, 6.07) is 19.5. The van der Waals surface area contributed by atoms with Crippen LogP contribution in [0.15, 0.2) is 66.7 Å². The van der Waals surface area contributed by atoms with Crippen molar-refractivity contribution in [2.75, 3.05) is 11.9 Å². The van der Waals surface area contributed by atoms with Crippen molar-refractivity contribution in [3.05, 3.63) is 100 Å². The molecule has 0 aliphatic carbocycles. The van der Waals surface area contributed by atoms with Gasteiger partial charge in [0.1, 0.15) is 17.7 Å². The Balaban J connectivity index is 2.14. The van der Waals surface area contributed by atoms with Gasteiger partial charge in [-0.15, -0.1) is 0 Å². The Hall–Kier alpha value is -4.13. The van der Waals surface area contributed by atoms with Gasteiger partial charge in [0.15, 0.2) is 0 Å². The zero-order valence-corrected chi connectivity index (χ0v) is 28.3. The highest BCUT2D eigenvalue weighted by Crippen LogP contribution is 2.31. The fourth-order valence-corrected chi connectivity index (χ4v) is 5.50. The number of hydrogen-bond acceptors (Lipinski definition) is 4. The summed E-state index contributed by atoms with van der Waals surface area (Å²) in [5.41, 5.74) is 5.52. The van der Waals surface area contributed by atoms with Gasteiger partial charge in [-0.1, -0.05) is 92.9 Å². The molecule has 0 aromatic heterocycles. The molecule has 2 unspecified atom stereocenters. The first-order valence-corrected chi connectivity index (χ1v) is 16.1. The van der Waals surface area contributed by atoms with E-state index >= 15 is 0 Å². The van der Waals surface area contributed by atoms with E-state index in [0.29, 0.717) is 6.54 Å². The van der Waals surface area contributed by atoms with Crippen LogP contribution in [0.3, 0.4) is 0 Å². The maximum Gasteiger partial charge on any atom is 0.408 e. The standard InChI is InChI=1S/C38H51N3O4/c1-9-10-11-15-24-41(36(43)32(25-30-21-13-12-14-22-30)39-37(44)45-38(6,7)8)34(31-23-17-18-26(2)29(31)5)35(42)40-33-27(3)19-16-20-28(33)4/h12-14,16-23,32,34H,9-11,15,24-25H2,1-8H3,(H,39,44)(H,40,42). The summed E-state index contributed by atoms with van der Waals surface area (Å²) in [7, 11) is 0. The highest BCUT2D eigenvalue weighted by atomic mass is 16.6. The van der Waals surface area contributed by atoms with Crippen molar-refractivity contribution in [1.82, 2.24) is 10.2 Å². The van der Waals surface area contributed by atoms with Gasteiger partial charge >= 0.3 is 6.09 Å². The van der Waals surface area contributed by atoms with Gasteiger partial charge < -0.3 is 20.3 Å². The molecule has 2 N–H and O–H groups in total. The Kier molecular flexibility index (Phi) is 12.8. The summed E-state index contributed by atoms with van der Waals surface area (Å²) in [6.07, 6.45) is 3.28. The molecule has 0 bridgehead atoms. The fourth-order valence-electron chi connectivity index (χ4n) is 5.50. The van der Waals surface area contributed by atoms with Crippen molar-refractivity contribution in [2.24, 2.45) is 0 Å². The van der Waals surface area contributed by atoms with Gasteiger partial charge in [-0.25, -0.2) is 4.79 Å². The molecule has 3 rings (SSSR count). The molecule has 7 heteroatoms. The molecule has 0 aliphatic heterocycles. The molecule has 7 nitrogen and oxygen atoms in total. The van der Waals surface area contributed by atoms with Gasteiger partial charge in [-0.3, -0.25) is 9.59 Å². The van der Waals surface area contributed by atoms with Gasteiger partial charge in [-0.05, 0) is 88.3 Å². The van der Waals surface area contributed by atoms with Crippen molar-refractivity contribution in [3.63, 3.8) is 0 Å². The lowest BCUT2D eigenvalue weighted by atomic mass is 9.94. The molecule has 0 heterocycles. The normalized spacial score (nSPS) is 12.6. The first kappa shape index (κ1) is 35.4. The summed E-state index contributed by atoms with van der Waals surface area (Å²) < 4.78 is 5.58. The van der Waals surface area contributed by atoms with Crippen LogP contribution in [0.4, 0.5) is 10.5 Å². The number of carbonyl (C=O) groups is 3. The number of ether oxygens (including phenoxy) is 1. The van der Waals surface area contributed by atoms with E-state index in [9.17, 15) is 14.4 Å². The van der Waals surface area contributed by atoms with Crippen LogP contribution >= 0.6 is 0 Å². The van der Waals surface area contributed by atoms with Gasteiger partial charge in [0, 0.05) is 18.7 Å². The largest absolute Gasteiger partial charge is 0.444 e. The first-order chi connectivity index (χ1) is 21.3. The lowest BCUT2D eigenvalue weighted by molar-refractivity contribution is -0.140. The van der Waals surface area contributed by atoms with Crippen molar-refractivity contribution in [3.8, 4) is 0 Å². The molecule has 242 valence electrons. The number of amides is 3. The highest BCUT2D eigenvalue weighted by molar-refractivity contribution is 6.00. The summed E-state index contributed by atoms with van der Waals surface area (Å²) in [5.74, 6) is -0.621. The number of carbonyl (C=O) groups excluding carboxylic acids is 3. The third-order valence-corrected chi connectivity index (χ3v) is 8.04. The number of nitrogens with one attached hydrogen (secondary N) is 2. The van der Waals surface area contributed by atoms with Gasteiger partial charge in [0.2, 0.25) is 5.91 Å². The van der Waals surface area contributed by atoms with Crippen LogP contribution in [-0.4, -0.2) is 41.0 Å². The van der Waals surface area contributed by atoms with E-state index in [0.717, 1.165) is 64.8 Å². The third kappa shape index (κ3) is 10.2. The number of nitrogens with zero attached hydrogens (tertiary/aromatic N) is 1. The molecule has 0 radical (unpaired) electrons. The zero-order chi connectivity index (χ0) is 33.1. The minimum Gasteiger partial charge on any atom is -0.444 e. The minimum atomic E-state index is -0.950. The second-order valence-corrected chi connectivity index (χ2v) is 12.9.